The monoisotopic (exact) mass is 467 g/mol. The predicted octanol–water partition coefficient (Wildman–Crippen LogP) is 5.94. The lowest BCUT2D eigenvalue weighted by Crippen LogP contribution is -2.42. The van der Waals surface area contributed by atoms with Crippen molar-refractivity contribution in [2.24, 2.45) is 5.92 Å². The number of aryl methyl sites for hydroxylation is 2. The van der Waals surface area contributed by atoms with Crippen molar-refractivity contribution >= 4 is 6.03 Å². The average molecular weight is 468 g/mol. The molecule has 1 aliphatic rings. The van der Waals surface area contributed by atoms with Gasteiger partial charge in [0.05, 0.1) is 29.7 Å². The summed E-state index contributed by atoms with van der Waals surface area (Å²) in [5.41, 5.74) is 6.30. The Labute approximate surface area is 207 Å². The summed E-state index contributed by atoms with van der Waals surface area (Å²) >= 11 is 0. The van der Waals surface area contributed by atoms with Gasteiger partial charge < -0.3 is 14.8 Å². The second kappa shape index (κ2) is 9.45. The van der Waals surface area contributed by atoms with Crippen LogP contribution in [-0.2, 0) is 6.54 Å². The molecule has 3 heterocycles. The van der Waals surface area contributed by atoms with Crippen LogP contribution in [0.5, 0.6) is 0 Å². The van der Waals surface area contributed by atoms with Crippen LogP contribution in [0, 0.1) is 19.8 Å². The molecule has 0 saturated heterocycles. The lowest BCUT2D eigenvalue weighted by atomic mass is 10.00. The topological polar surface area (TPSA) is 55.1 Å². The Balaban J connectivity index is 1.67. The lowest BCUT2D eigenvalue weighted by Gasteiger charge is -2.31. The van der Waals surface area contributed by atoms with Crippen molar-refractivity contribution < 1.29 is 4.79 Å². The molecule has 6 nitrogen and oxygen atoms in total. The van der Waals surface area contributed by atoms with Gasteiger partial charge in [0.25, 0.3) is 0 Å². The summed E-state index contributed by atoms with van der Waals surface area (Å²) < 4.78 is 4.21. The number of carbonyl (C=O) groups is 1. The van der Waals surface area contributed by atoms with Crippen LogP contribution in [-0.4, -0.2) is 31.8 Å². The summed E-state index contributed by atoms with van der Waals surface area (Å²) in [5, 5.41) is 8.10. The van der Waals surface area contributed by atoms with Gasteiger partial charge in [-0.25, -0.2) is 9.48 Å². The molecule has 4 aromatic rings. The molecule has 1 atom stereocenters. The summed E-state index contributed by atoms with van der Waals surface area (Å²) in [6.07, 6.45) is 3.03. The first-order chi connectivity index (χ1) is 16.9. The summed E-state index contributed by atoms with van der Waals surface area (Å²) in [5.74, 6) is 1.52. The molecule has 6 heteroatoms. The Morgan fingerprint density at radius 2 is 1.86 bits per heavy atom. The fourth-order valence-corrected chi connectivity index (χ4v) is 4.91. The van der Waals surface area contributed by atoms with Crippen molar-refractivity contribution in [2.75, 3.05) is 6.54 Å². The maximum Gasteiger partial charge on any atom is 0.318 e. The molecule has 2 aromatic heterocycles. The van der Waals surface area contributed by atoms with E-state index in [0.717, 1.165) is 40.4 Å². The molecule has 0 spiro atoms. The van der Waals surface area contributed by atoms with Gasteiger partial charge in [0.1, 0.15) is 5.82 Å². The van der Waals surface area contributed by atoms with Crippen molar-refractivity contribution in [3.63, 3.8) is 0 Å². The number of para-hydroxylation sites is 1. The van der Waals surface area contributed by atoms with E-state index in [0.29, 0.717) is 19.0 Å². The number of amides is 2. The molecule has 2 aromatic carbocycles. The minimum absolute atomic E-state index is 0.0513. The number of benzene rings is 2. The fraction of sp³-hybridized carbons (Fsp3) is 0.310. The zero-order valence-corrected chi connectivity index (χ0v) is 20.9. The first-order valence-electron chi connectivity index (χ1n) is 12.4. The van der Waals surface area contributed by atoms with Gasteiger partial charge >= 0.3 is 6.03 Å². The summed E-state index contributed by atoms with van der Waals surface area (Å²) in [7, 11) is 0. The van der Waals surface area contributed by atoms with Gasteiger partial charge in [0.15, 0.2) is 0 Å². The number of nitrogens with one attached hydrogen (secondary N) is 1. The van der Waals surface area contributed by atoms with E-state index in [1.165, 1.54) is 5.56 Å². The van der Waals surface area contributed by atoms with Crippen LogP contribution in [0.15, 0.2) is 72.9 Å². The highest BCUT2D eigenvalue weighted by atomic mass is 16.2. The molecule has 5 rings (SSSR count). The molecule has 2 amide bonds. The van der Waals surface area contributed by atoms with E-state index in [-0.39, 0.29) is 12.1 Å². The van der Waals surface area contributed by atoms with Crippen LogP contribution in [0.2, 0.25) is 0 Å². The van der Waals surface area contributed by atoms with Crippen molar-refractivity contribution in [3.05, 3.63) is 101 Å². The quantitative estimate of drug-likeness (QED) is 0.395. The normalized spacial score (nSPS) is 15.0. The van der Waals surface area contributed by atoms with Gasteiger partial charge in [-0.1, -0.05) is 61.9 Å². The molecule has 180 valence electrons. The average Bonchev–Trinajstić information content (AvgIpc) is 3.40. The first-order valence-corrected chi connectivity index (χ1v) is 12.4. The molecule has 0 fully saturated rings. The molecule has 1 aliphatic heterocycles. The Bertz CT molecular complexity index is 1330. The summed E-state index contributed by atoms with van der Waals surface area (Å²) in [6.45, 7) is 9.61. The molecule has 0 bridgehead atoms. The molecule has 0 unspecified atom stereocenters. The van der Waals surface area contributed by atoms with Crippen molar-refractivity contribution in [2.45, 2.75) is 46.7 Å². The van der Waals surface area contributed by atoms with Gasteiger partial charge in [0.2, 0.25) is 0 Å². The van der Waals surface area contributed by atoms with E-state index >= 15 is 0 Å². The Kier molecular flexibility index (Phi) is 6.20. The number of carbonyl (C=O) groups excluding carboxylic acids is 1. The highest BCUT2D eigenvalue weighted by Crippen LogP contribution is 2.38. The van der Waals surface area contributed by atoms with Crippen LogP contribution in [0.25, 0.3) is 11.5 Å². The van der Waals surface area contributed by atoms with Crippen molar-refractivity contribution in [1.82, 2.24) is 24.6 Å². The van der Waals surface area contributed by atoms with Crippen molar-refractivity contribution in [3.8, 4) is 11.5 Å². The number of urea groups is 1. The van der Waals surface area contributed by atoms with Gasteiger partial charge in [-0.2, -0.15) is 5.10 Å². The van der Waals surface area contributed by atoms with E-state index in [2.05, 4.69) is 85.4 Å². The summed E-state index contributed by atoms with van der Waals surface area (Å²) in [6, 6.07) is 22.6. The minimum Gasteiger partial charge on any atom is -0.338 e. The van der Waals surface area contributed by atoms with E-state index in [1.54, 1.807) is 0 Å². The lowest BCUT2D eigenvalue weighted by molar-refractivity contribution is 0.180. The minimum atomic E-state index is -0.222. The van der Waals surface area contributed by atoms with Crippen molar-refractivity contribution in [1.29, 1.82) is 0 Å². The molecule has 0 radical (unpaired) electrons. The zero-order chi connectivity index (χ0) is 24.5. The Morgan fingerprint density at radius 1 is 1.06 bits per heavy atom. The highest BCUT2D eigenvalue weighted by Gasteiger charge is 2.35. The van der Waals surface area contributed by atoms with E-state index in [4.69, 9.17) is 5.10 Å². The van der Waals surface area contributed by atoms with Crippen LogP contribution in [0.4, 0.5) is 4.79 Å². The Hall–Kier alpha value is -3.80. The molecule has 1 N–H and O–H groups in total. The predicted molar refractivity (Wildman–Crippen MR) is 139 cm³/mol. The first kappa shape index (κ1) is 23.0. The third-order valence-electron chi connectivity index (χ3n) is 6.70. The maximum atomic E-state index is 13.7. The molecule has 35 heavy (non-hydrogen) atoms. The number of fused-ring (bicyclic) bond motifs is 3. The highest BCUT2D eigenvalue weighted by molar-refractivity contribution is 5.76. The van der Waals surface area contributed by atoms with Crippen LogP contribution >= 0.6 is 0 Å². The third-order valence-corrected chi connectivity index (χ3v) is 6.70. The molecular formula is C29H33N5O. The van der Waals surface area contributed by atoms with Gasteiger partial charge in [-0.3, -0.25) is 0 Å². The van der Waals surface area contributed by atoms with E-state index in [1.807, 2.05) is 34.7 Å². The maximum absolute atomic E-state index is 13.7. The standard InChI is InChI=1S/C29H33N5O/c1-20(2)15-16-30-29(35)33-19-25-22(4)31-34(24-12-6-5-7-13-24)28(25)32-17-9-14-26(32)27(33)23-11-8-10-21(3)18-23/h5-14,17-18,20,27H,15-16,19H2,1-4H3,(H,30,35)/t27-/m0/s1. The second-order valence-electron chi connectivity index (χ2n) is 9.80. The van der Waals surface area contributed by atoms with E-state index in [9.17, 15) is 4.79 Å². The smallest absolute Gasteiger partial charge is 0.318 e. The van der Waals surface area contributed by atoms with E-state index < -0.39 is 0 Å². The number of nitrogens with zero attached hydrogens (tertiary/aromatic N) is 4. The second-order valence-corrected chi connectivity index (χ2v) is 9.80. The molecular weight excluding hydrogens is 434 g/mol. The van der Waals surface area contributed by atoms with Crippen LogP contribution in [0.3, 0.4) is 0 Å². The zero-order valence-electron chi connectivity index (χ0n) is 20.9. The number of hydrogen-bond donors (Lipinski definition) is 1. The number of aromatic nitrogens is 3. The summed E-state index contributed by atoms with van der Waals surface area (Å²) in [4.78, 5) is 15.7. The number of rotatable bonds is 5. The third kappa shape index (κ3) is 4.36. The van der Waals surface area contributed by atoms with Crippen LogP contribution in [0.1, 0.15) is 54.4 Å². The fourth-order valence-electron chi connectivity index (χ4n) is 4.91. The SMILES string of the molecule is Cc1cccc([C@H]2c3cccn3-c3c(c(C)nn3-c3ccccc3)CN2C(=O)NCCC(C)C)c1. The van der Waals surface area contributed by atoms with Crippen LogP contribution < -0.4 is 5.32 Å². The largest absolute Gasteiger partial charge is 0.338 e. The molecule has 0 saturated carbocycles. The van der Waals surface area contributed by atoms with Gasteiger partial charge in [-0.05, 0) is 56.0 Å². The Morgan fingerprint density at radius 3 is 2.60 bits per heavy atom. The molecule has 0 aliphatic carbocycles. The van der Waals surface area contributed by atoms with Gasteiger partial charge in [0, 0.05) is 18.3 Å². The number of hydrogen-bond acceptors (Lipinski definition) is 2. The van der Waals surface area contributed by atoms with Gasteiger partial charge in [-0.15, -0.1) is 0 Å².